The summed E-state index contributed by atoms with van der Waals surface area (Å²) in [6.45, 7) is 4.67. The van der Waals surface area contributed by atoms with E-state index in [-0.39, 0.29) is 17.7 Å². The minimum Gasteiger partial charge on any atom is -0.354 e. The van der Waals surface area contributed by atoms with Gasteiger partial charge in [-0.3, -0.25) is 14.5 Å². The SMILES string of the molecule is CN1CCN(C(CNC(=O)CCCC(=O)c2ccccc2)c2ccccc2)CC1. The lowest BCUT2D eigenvalue weighted by Gasteiger charge is -2.38. The fourth-order valence-corrected chi connectivity index (χ4v) is 3.74. The fraction of sp³-hybridized carbons (Fsp3) is 0.417. The first-order valence-electron chi connectivity index (χ1n) is 10.5. The summed E-state index contributed by atoms with van der Waals surface area (Å²) < 4.78 is 0. The molecule has 154 valence electrons. The molecule has 0 aromatic heterocycles. The Morgan fingerprint density at radius 2 is 1.52 bits per heavy atom. The number of benzene rings is 2. The molecule has 1 amide bonds. The van der Waals surface area contributed by atoms with E-state index in [9.17, 15) is 9.59 Å². The van der Waals surface area contributed by atoms with Crippen molar-refractivity contribution in [3.8, 4) is 0 Å². The van der Waals surface area contributed by atoms with E-state index in [0.29, 0.717) is 31.4 Å². The van der Waals surface area contributed by atoms with Crippen LogP contribution < -0.4 is 5.32 Å². The van der Waals surface area contributed by atoms with Crippen LogP contribution in [0.2, 0.25) is 0 Å². The second-order valence-electron chi connectivity index (χ2n) is 7.71. The highest BCUT2D eigenvalue weighted by atomic mass is 16.1. The zero-order valence-electron chi connectivity index (χ0n) is 17.2. The highest BCUT2D eigenvalue weighted by Crippen LogP contribution is 2.21. The molecule has 0 saturated carbocycles. The van der Waals surface area contributed by atoms with E-state index in [0.717, 1.165) is 26.2 Å². The van der Waals surface area contributed by atoms with Crippen molar-refractivity contribution in [1.29, 1.82) is 0 Å². The molecule has 1 saturated heterocycles. The monoisotopic (exact) mass is 393 g/mol. The van der Waals surface area contributed by atoms with Gasteiger partial charge < -0.3 is 10.2 Å². The molecule has 29 heavy (non-hydrogen) atoms. The quantitative estimate of drug-likeness (QED) is 0.665. The van der Waals surface area contributed by atoms with Crippen LogP contribution in [-0.2, 0) is 4.79 Å². The molecule has 5 heteroatoms. The number of likely N-dealkylation sites (N-methyl/N-ethyl adjacent to an activating group) is 1. The van der Waals surface area contributed by atoms with Crippen LogP contribution in [-0.4, -0.2) is 61.3 Å². The topological polar surface area (TPSA) is 52.6 Å². The van der Waals surface area contributed by atoms with Crippen LogP contribution >= 0.6 is 0 Å². The molecule has 0 spiro atoms. The second kappa shape index (κ2) is 10.9. The van der Waals surface area contributed by atoms with Gasteiger partial charge in [-0.1, -0.05) is 60.7 Å². The van der Waals surface area contributed by atoms with Gasteiger partial charge in [-0.15, -0.1) is 0 Å². The molecule has 1 heterocycles. The van der Waals surface area contributed by atoms with E-state index >= 15 is 0 Å². The largest absolute Gasteiger partial charge is 0.354 e. The normalized spacial score (nSPS) is 16.3. The van der Waals surface area contributed by atoms with Gasteiger partial charge >= 0.3 is 0 Å². The number of carbonyl (C=O) groups excluding carboxylic acids is 2. The Bertz CT molecular complexity index is 771. The van der Waals surface area contributed by atoms with Gasteiger partial charge in [0.15, 0.2) is 5.78 Å². The summed E-state index contributed by atoms with van der Waals surface area (Å²) in [5, 5.41) is 3.10. The lowest BCUT2D eigenvalue weighted by Crippen LogP contribution is -2.48. The predicted octanol–water partition coefficient (Wildman–Crippen LogP) is 3.14. The minimum absolute atomic E-state index is 0.0147. The number of hydrogen-bond donors (Lipinski definition) is 1. The van der Waals surface area contributed by atoms with Crippen LogP contribution in [0.3, 0.4) is 0 Å². The number of amides is 1. The van der Waals surface area contributed by atoms with Crippen LogP contribution in [0.5, 0.6) is 0 Å². The Hall–Kier alpha value is -2.50. The molecule has 2 aromatic rings. The number of ketones is 1. The lowest BCUT2D eigenvalue weighted by atomic mass is 10.0. The molecule has 0 aliphatic carbocycles. The van der Waals surface area contributed by atoms with E-state index < -0.39 is 0 Å². The van der Waals surface area contributed by atoms with Crippen LogP contribution in [0.15, 0.2) is 60.7 Å². The number of rotatable bonds is 9. The van der Waals surface area contributed by atoms with Crippen molar-refractivity contribution < 1.29 is 9.59 Å². The average molecular weight is 394 g/mol. The first kappa shape index (κ1) is 21.2. The number of nitrogens with zero attached hydrogens (tertiary/aromatic N) is 2. The fourth-order valence-electron chi connectivity index (χ4n) is 3.74. The number of hydrogen-bond acceptors (Lipinski definition) is 4. The van der Waals surface area contributed by atoms with Gasteiger partial charge in [0.25, 0.3) is 0 Å². The molecule has 1 aliphatic heterocycles. The molecule has 5 nitrogen and oxygen atoms in total. The van der Waals surface area contributed by atoms with Gasteiger partial charge in [0.05, 0.1) is 6.04 Å². The van der Waals surface area contributed by atoms with Gasteiger partial charge in [-0.2, -0.15) is 0 Å². The third kappa shape index (κ3) is 6.51. The highest BCUT2D eigenvalue weighted by Gasteiger charge is 2.24. The van der Waals surface area contributed by atoms with Crippen LogP contribution in [0, 0.1) is 0 Å². The maximum absolute atomic E-state index is 12.4. The molecule has 1 unspecified atom stereocenters. The Kier molecular flexibility index (Phi) is 7.96. The van der Waals surface area contributed by atoms with E-state index in [4.69, 9.17) is 0 Å². The summed E-state index contributed by atoms with van der Waals surface area (Å²) in [5.41, 5.74) is 1.95. The maximum Gasteiger partial charge on any atom is 0.220 e. The van der Waals surface area contributed by atoms with Gasteiger partial charge in [0, 0.05) is 51.1 Å². The molecule has 0 bridgehead atoms. The molecule has 1 N–H and O–H groups in total. The van der Waals surface area contributed by atoms with E-state index in [1.165, 1.54) is 5.56 Å². The predicted molar refractivity (Wildman–Crippen MR) is 116 cm³/mol. The molecular formula is C24H31N3O2. The van der Waals surface area contributed by atoms with Crippen molar-refractivity contribution >= 4 is 11.7 Å². The average Bonchev–Trinajstić information content (AvgIpc) is 2.76. The van der Waals surface area contributed by atoms with Crippen molar-refractivity contribution in [2.75, 3.05) is 39.8 Å². The van der Waals surface area contributed by atoms with E-state index in [1.807, 2.05) is 36.4 Å². The summed E-state index contributed by atoms with van der Waals surface area (Å²) >= 11 is 0. The van der Waals surface area contributed by atoms with Crippen LogP contribution in [0.25, 0.3) is 0 Å². The summed E-state index contributed by atoms with van der Waals surface area (Å²) in [6.07, 6.45) is 1.35. The first-order chi connectivity index (χ1) is 14.1. The molecule has 2 aromatic carbocycles. The van der Waals surface area contributed by atoms with Crippen molar-refractivity contribution in [2.24, 2.45) is 0 Å². The third-order valence-electron chi connectivity index (χ3n) is 5.56. The number of Topliss-reactive ketones (excluding diaryl/α,β-unsaturated/α-hetero) is 1. The molecule has 1 atom stereocenters. The van der Waals surface area contributed by atoms with Gasteiger partial charge in [-0.25, -0.2) is 0 Å². The van der Waals surface area contributed by atoms with Crippen LogP contribution in [0.1, 0.15) is 41.2 Å². The molecular weight excluding hydrogens is 362 g/mol. The second-order valence-corrected chi connectivity index (χ2v) is 7.71. The number of nitrogens with one attached hydrogen (secondary N) is 1. The first-order valence-corrected chi connectivity index (χ1v) is 10.5. The molecule has 1 aliphatic rings. The zero-order chi connectivity index (χ0) is 20.5. The summed E-state index contributed by atoms with van der Waals surface area (Å²) in [5.74, 6) is 0.110. The zero-order valence-corrected chi connectivity index (χ0v) is 17.2. The maximum atomic E-state index is 12.4. The van der Waals surface area contributed by atoms with Gasteiger partial charge in [0.1, 0.15) is 0 Å². The van der Waals surface area contributed by atoms with Crippen molar-refractivity contribution in [2.45, 2.75) is 25.3 Å². The van der Waals surface area contributed by atoms with Crippen molar-refractivity contribution in [3.05, 3.63) is 71.8 Å². The molecule has 3 rings (SSSR count). The Balaban J connectivity index is 1.48. The lowest BCUT2D eigenvalue weighted by molar-refractivity contribution is -0.121. The van der Waals surface area contributed by atoms with Crippen molar-refractivity contribution in [1.82, 2.24) is 15.1 Å². The Morgan fingerprint density at radius 1 is 0.897 bits per heavy atom. The van der Waals surface area contributed by atoms with E-state index in [1.54, 1.807) is 0 Å². The molecule has 1 fully saturated rings. The van der Waals surface area contributed by atoms with Crippen molar-refractivity contribution in [3.63, 3.8) is 0 Å². The number of piperazine rings is 1. The Labute approximate surface area is 173 Å². The summed E-state index contributed by atoms with van der Waals surface area (Å²) in [4.78, 5) is 29.3. The molecule has 0 radical (unpaired) electrons. The third-order valence-corrected chi connectivity index (χ3v) is 5.56. The minimum atomic E-state index is 0.0147. The number of carbonyl (C=O) groups is 2. The van der Waals surface area contributed by atoms with Crippen LogP contribution in [0.4, 0.5) is 0 Å². The summed E-state index contributed by atoms with van der Waals surface area (Å²) in [7, 11) is 2.15. The van der Waals surface area contributed by atoms with Gasteiger partial charge in [-0.05, 0) is 19.0 Å². The summed E-state index contributed by atoms with van der Waals surface area (Å²) in [6, 6.07) is 19.8. The standard InChI is InChI=1S/C24H31N3O2/c1-26-15-17-27(18-16-26)22(20-9-4-2-5-10-20)19-25-24(29)14-8-13-23(28)21-11-6-3-7-12-21/h2-7,9-12,22H,8,13-19H2,1H3,(H,25,29). The van der Waals surface area contributed by atoms with Gasteiger partial charge in [0.2, 0.25) is 5.91 Å². The van der Waals surface area contributed by atoms with E-state index in [2.05, 4.69) is 46.4 Å². The smallest absolute Gasteiger partial charge is 0.220 e. The highest BCUT2D eigenvalue weighted by molar-refractivity contribution is 5.96. The Morgan fingerprint density at radius 3 is 2.17 bits per heavy atom.